The first-order chi connectivity index (χ1) is 11.0. The Labute approximate surface area is 131 Å². The average molecular weight is 313 g/mol. The van der Waals surface area contributed by atoms with E-state index in [0.29, 0.717) is 0 Å². The molecule has 0 aliphatic heterocycles. The van der Waals surface area contributed by atoms with Crippen LogP contribution in [0.15, 0.2) is 55.0 Å². The van der Waals surface area contributed by atoms with Gasteiger partial charge < -0.3 is 10.2 Å². The van der Waals surface area contributed by atoms with E-state index in [1.807, 2.05) is 22.9 Å². The summed E-state index contributed by atoms with van der Waals surface area (Å²) in [5.74, 6) is -3.65. The molecule has 0 radical (unpaired) electrons. The van der Waals surface area contributed by atoms with Gasteiger partial charge in [-0.3, -0.25) is 15.1 Å². The van der Waals surface area contributed by atoms with Crippen LogP contribution < -0.4 is 5.43 Å². The van der Waals surface area contributed by atoms with Gasteiger partial charge in [0.2, 0.25) is 0 Å². The first-order valence-electron chi connectivity index (χ1n) is 6.69. The number of fused-ring (bicyclic) bond motifs is 1. The van der Waals surface area contributed by atoms with Gasteiger partial charge in [-0.15, -0.1) is 0 Å². The van der Waals surface area contributed by atoms with Gasteiger partial charge in [-0.25, -0.2) is 9.59 Å². The van der Waals surface area contributed by atoms with Crippen LogP contribution in [-0.2, 0) is 9.59 Å². The van der Waals surface area contributed by atoms with Gasteiger partial charge in [-0.05, 0) is 30.7 Å². The average Bonchev–Trinajstić information content (AvgIpc) is 2.86. The number of carboxylic acid groups (broad SMARTS) is 2. The van der Waals surface area contributed by atoms with E-state index in [0.717, 1.165) is 5.69 Å². The molecule has 3 aromatic rings. The number of nitrogens with one attached hydrogen (secondary N) is 1. The monoisotopic (exact) mass is 313 g/mol. The molecule has 0 aliphatic rings. The Morgan fingerprint density at radius 1 is 1.04 bits per heavy atom. The largest absolute Gasteiger partial charge is 0.473 e. The molecule has 0 bridgehead atoms. The number of aliphatic carboxylic acids is 2. The summed E-state index contributed by atoms with van der Waals surface area (Å²) in [6.45, 7) is 2.12. The molecule has 7 heteroatoms. The van der Waals surface area contributed by atoms with Crippen LogP contribution in [0.25, 0.3) is 10.9 Å². The smallest absolute Gasteiger partial charge is 0.414 e. The van der Waals surface area contributed by atoms with Crippen molar-refractivity contribution in [1.29, 1.82) is 0 Å². The zero-order valence-corrected chi connectivity index (χ0v) is 12.3. The Bertz CT molecular complexity index is 816. The zero-order valence-electron chi connectivity index (χ0n) is 12.3. The van der Waals surface area contributed by atoms with Crippen molar-refractivity contribution in [2.45, 2.75) is 6.92 Å². The minimum atomic E-state index is -1.82. The summed E-state index contributed by atoms with van der Waals surface area (Å²) in [4.78, 5) is 22.2. The van der Waals surface area contributed by atoms with Gasteiger partial charge in [0.25, 0.3) is 0 Å². The second-order valence-corrected chi connectivity index (χ2v) is 4.66. The summed E-state index contributed by atoms with van der Waals surface area (Å²) in [5, 5.41) is 16.1. The summed E-state index contributed by atoms with van der Waals surface area (Å²) in [6.07, 6.45) is 5.66. The van der Waals surface area contributed by atoms with Crippen molar-refractivity contribution in [2.24, 2.45) is 0 Å². The number of anilines is 1. The fourth-order valence-electron chi connectivity index (χ4n) is 2.01. The Morgan fingerprint density at radius 3 is 2.26 bits per heavy atom. The van der Waals surface area contributed by atoms with Crippen molar-refractivity contribution in [3.05, 3.63) is 60.6 Å². The summed E-state index contributed by atoms with van der Waals surface area (Å²) in [7, 11) is 0. The summed E-state index contributed by atoms with van der Waals surface area (Å²) < 4.78 is 2.04. The van der Waals surface area contributed by atoms with E-state index in [-0.39, 0.29) is 0 Å². The van der Waals surface area contributed by atoms with Gasteiger partial charge in [-0.1, -0.05) is 18.2 Å². The Morgan fingerprint density at radius 2 is 1.65 bits per heavy atom. The van der Waals surface area contributed by atoms with Crippen LogP contribution in [0.2, 0.25) is 0 Å². The van der Waals surface area contributed by atoms with Gasteiger partial charge in [0.05, 0.1) is 11.2 Å². The van der Waals surface area contributed by atoms with Gasteiger partial charge in [0, 0.05) is 24.0 Å². The van der Waals surface area contributed by atoms with Crippen LogP contribution in [-0.4, -0.2) is 31.8 Å². The number of para-hydroxylation sites is 1. The number of carbonyl (C=O) groups is 2. The molecule has 23 heavy (non-hydrogen) atoms. The Balaban J connectivity index is 0.000000277. The third-order valence-corrected chi connectivity index (χ3v) is 3.02. The molecule has 0 unspecified atom stereocenters. The van der Waals surface area contributed by atoms with E-state index in [1.165, 1.54) is 16.5 Å². The fraction of sp³-hybridized carbons (Fsp3) is 0.0625. The minimum Gasteiger partial charge on any atom is -0.473 e. The maximum Gasteiger partial charge on any atom is 0.414 e. The molecule has 0 saturated heterocycles. The summed E-state index contributed by atoms with van der Waals surface area (Å²) in [6, 6.07) is 12.2. The predicted octanol–water partition coefficient (Wildman–Crippen LogP) is 2.38. The molecule has 2 aromatic heterocycles. The molecule has 0 amide bonds. The van der Waals surface area contributed by atoms with Gasteiger partial charge in [0.1, 0.15) is 0 Å². The number of aryl methyl sites for hydroxylation is 1. The van der Waals surface area contributed by atoms with Gasteiger partial charge >= 0.3 is 11.9 Å². The zero-order chi connectivity index (χ0) is 16.8. The Hall–Kier alpha value is -3.35. The highest BCUT2D eigenvalue weighted by molar-refractivity contribution is 6.27. The lowest BCUT2D eigenvalue weighted by Crippen LogP contribution is -2.09. The van der Waals surface area contributed by atoms with Crippen molar-refractivity contribution in [1.82, 2.24) is 9.66 Å². The lowest BCUT2D eigenvalue weighted by molar-refractivity contribution is -0.159. The molecule has 0 fully saturated rings. The van der Waals surface area contributed by atoms with Crippen molar-refractivity contribution in [3.8, 4) is 0 Å². The lowest BCUT2D eigenvalue weighted by atomic mass is 10.2. The SMILES string of the molecule is Cc1cn(Nc2ccncc2)c2ccccc12.O=C(O)C(=O)O. The lowest BCUT2D eigenvalue weighted by Gasteiger charge is -2.08. The quantitative estimate of drug-likeness (QED) is 0.627. The van der Waals surface area contributed by atoms with Crippen molar-refractivity contribution in [2.75, 3.05) is 5.43 Å². The number of hydrogen-bond acceptors (Lipinski definition) is 4. The normalized spacial score (nSPS) is 9.78. The van der Waals surface area contributed by atoms with E-state index in [9.17, 15) is 0 Å². The molecule has 1 aromatic carbocycles. The van der Waals surface area contributed by atoms with E-state index < -0.39 is 11.9 Å². The molecule has 0 spiro atoms. The van der Waals surface area contributed by atoms with Crippen LogP contribution in [0, 0.1) is 6.92 Å². The van der Waals surface area contributed by atoms with Crippen LogP contribution >= 0.6 is 0 Å². The molecule has 7 nitrogen and oxygen atoms in total. The molecule has 0 saturated carbocycles. The topological polar surface area (TPSA) is 104 Å². The van der Waals surface area contributed by atoms with Crippen molar-refractivity contribution >= 4 is 28.5 Å². The van der Waals surface area contributed by atoms with Gasteiger partial charge in [0.15, 0.2) is 0 Å². The highest BCUT2D eigenvalue weighted by atomic mass is 16.4. The molecular weight excluding hydrogens is 298 g/mol. The molecule has 0 aliphatic carbocycles. The second kappa shape index (κ2) is 7.08. The van der Waals surface area contributed by atoms with E-state index in [4.69, 9.17) is 19.8 Å². The highest BCUT2D eigenvalue weighted by Crippen LogP contribution is 2.20. The predicted molar refractivity (Wildman–Crippen MR) is 85.2 cm³/mol. The molecular formula is C16H15N3O4. The first-order valence-corrected chi connectivity index (χ1v) is 6.69. The maximum atomic E-state index is 9.10. The van der Waals surface area contributed by atoms with Crippen LogP contribution in [0.4, 0.5) is 5.69 Å². The Kier molecular flexibility index (Phi) is 4.93. The number of benzene rings is 1. The third kappa shape index (κ3) is 4.07. The van der Waals surface area contributed by atoms with E-state index in [2.05, 4.69) is 41.7 Å². The maximum absolute atomic E-state index is 9.10. The first kappa shape index (κ1) is 16.0. The summed E-state index contributed by atoms with van der Waals surface area (Å²) in [5.41, 5.74) is 6.82. The number of pyridine rings is 1. The molecule has 3 rings (SSSR count). The second-order valence-electron chi connectivity index (χ2n) is 4.66. The number of aromatic nitrogens is 2. The van der Waals surface area contributed by atoms with Crippen molar-refractivity contribution in [3.63, 3.8) is 0 Å². The number of carboxylic acids is 2. The number of hydrogen-bond donors (Lipinski definition) is 3. The van der Waals surface area contributed by atoms with Crippen LogP contribution in [0.5, 0.6) is 0 Å². The van der Waals surface area contributed by atoms with Gasteiger partial charge in [-0.2, -0.15) is 0 Å². The number of nitrogens with zero attached hydrogens (tertiary/aromatic N) is 2. The molecule has 118 valence electrons. The molecule has 3 N–H and O–H groups in total. The summed E-state index contributed by atoms with van der Waals surface area (Å²) >= 11 is 0. The van der Waals surface area contributed by atoms with Crippen molar-refractivity contribution < 1.29 is 19.8 Å². The van der Waals surface area contributed by atoms with E-state index >= 15 is 0 Å². The van der Waals surface area contributed by atoms with Crippen LogP contribution in [0.1, 0.15) is 5.56 Å². The van der Waals surface area contributed by atoms with E-state index in [1.54, 1.807) is 12.4 Å². The number of rotatable bonds is 2. The molecule has 0 atom stereocenters. The fourth-order valence-corrected chi connectivity index (χ4v) is 2.01. The highest BCUT2D eigenvalue weighted by Gasteiger charge is 2.04. The third-order valence-electron chi connectivity index (χ3n) is 3.02. The minimum absolute atomic E-state index is 1.03. The molecule has 2 heterocycles. The van der Waals surface area contributed by atoms with Crippen LogP contribution in [0.3, 0.4) is 0 Å². The standard InChI is InChI=1S/C14H13N3.C2H2O4/c1-11-10-17(14-5-3-2-4-13(11)14)16-12-6-8-15-9-7-12;3-1(4)2(5)6/h2-10H,1H3,(H,15,16);(H,3,4)(H,5,6).